The maximum atomic E-state index is 9.96. The number of rotatable bonds is 4. The van der Waals surface area contributed by atoms with Crippen LogP contribution in [-0.2, 0) is 0 Å². The van der Waals surface area contributed by atoms with Crippen LogP contribution in [0, 0.1) is 13.8 Å². The van der Waals surface area contributed by atoms with Gasteiger partial charge < -0.3 is 14.6 Å². The Labute approximate surface area is 119 Å². The van der Waals surface area contributed by atoms with Gasteiger partial charge in [-0.3, -0.25) is 0 Å². The first-order valence-electron chi connectivity index (χ1n) is 6.63. The molecule has 0 heterocycles. The monoisotopic (exact) mass is 272 g/mol. The predicted molar refractivity (Wildman–Crippen MR) is 79.6 cm³/mol. The van der Waals surface area contributed by atoms with E-state index in [0.717, 1.165) is 16.9 Å². The second-order valence-corrected chi connectivity index (χ2v) is 4.92. The van der Waals surface area contributed by atoms with E-state index < -0.39 is 6.10 Å². The summed E-state index contributed by atoms with van der Waals surface area (Å²) in [6.45, 7) is 5.72. The van der Waals surface area contributed by atoms with E-state index in [1.807, 2.05) is 50.2 Å². The highest BCUT2D eigenvalue weighted by atomic mass is 16.5. The van der Waals surface area contributed by atoms with Crippen molar-refractivity contribution >= 4 is 0 Å². The van der Waals surface area contributed by atoms with Gasteiger partial charge in [-0.25, -0.2) is 0 Å². The van der Waals surface area contributed by atoms with E-state index in [1.54, 1.807) is 14.0 Å². The van der Waals surface area contributed by atoms with Gasteiger partial charge >= 0.3 is 0 Å². The largest absolute Gasteiger partial charge is 0.496 e. The first-order chi connectivity index (χ1) is 9.52. The Hall–Kier alpha value is -2.00. The minimum Gasteiger partial charge on any atom is -0.496 e. The van der Waals surface area contributed by atoms with E-state index in [-0.39, 0.29) is 0 Å². The molecule has 0 spiro atoms. The van der Waals surface area contributed by atoms with Gasteiger partial charge in [0, 0.05) is 0 Å². The lowest BCUT2D eigenvalue weighted by Gasteiger charge is -2.17. The molecule has 0 aliphatic rings. The van der Waals surface area contributed by atoms with Gasteiger partial charge in [0.2, 0.25) is 0 Å². The van der Waals surface area contributed by atoms with Crippen LogP contribution < -0.4 is 9.47 Å². The molecule has 0 bridgehead atoms. The van der Waals surface area contributed by atoms with E-state index in [0.29, 0.717) is 17.1 Å². The van der Waals surface area contributed by atoms with Crippen LogP contribution in [0.15, 0.2) is 36.4 Å². The molecule has 20 heavy (non-hydrogen) atoms. The summed E-state index contributed by atoms with van der Waals surface area (Å²) in [7, 11) is 1.59. The highest BCUT2D eigenvalue weighted by Crippen LogP contribution is 2.37. The van der Waals surface area contributed by atoms with Crippen LogP contribution in [0.4, 0.5) is 0 Å². The van der Waals surface area contributed by atoms with Crippen LogP contribution in [-0.4, -0.2) is 12.2 Å². The zero-order valence-corrected chi connectivity index (χ0v) is 12.3. The maximum Gasteiger partial charge on any atom is 0.136 e. The van der Waals surface area contributed by atoms with Crippen LogP contribution in [0.3, 0.4) is 0 Å². The molecule has 3 heteroatoms. The van der Waals surface area contributed by atoms with E-state index in [9.17, 15) is 5.11 Å². The number of aliphatic hydroxyl groups is 1. The number of ether oxygens (including phenoxy) is 2. The summed E-state index contributed by atoms with van der Waals surface area (Å²) in [4.78, 5) is 0. The van der Waals surface area contributed by atoms with Crippen molar-refractivity contribution in [1.82, 2.24) is 0 Å². The van der Waals surface area contributed by atoms with Gasteiger partial charge in [0.05, 0.1) is 18.8 Å². The molecule has 1 N–H and O–H groups in total. The molecule has 2 aromatic rings. The summed E-state index contributed by atoms with van der Waals surface area (Å²) >= 11 is 0. The van der Waals surface area contributed by atoms with Crippen molar-refractivity contribution in [2.75, 3.05) is 7.11 Å². The Bertz CT molecular complexity index is 603. The topological polar surface area (TPSA) is 38.7 Å². The quantitative estimate of drug-likeness (QED) is 0.908. The fourth-order valence-corrected chi connectivity index (χ4v) is 2.14. The third-order valence-electron chi connectivity index (χ3n) is 3.23. The number of methoxy groups -OCH3 is 1. The van der Waals surface area contributed by atoms with Gasteiger partial charge in [-0.05, 0) is 50.1 Å². The predicted octanol–water partition coefficient (Wildman–Crippen LogP) is 4.16. The summed E-state index contributed by atoms with van der Waals surface area (Å²) < 4.78 is 11.3. The van der Waals surface area contributed by atoms with Crippen molar-refractivity contribution in [2.45, 2.75) is 26.9 Å². The van der Waals surface area contributed by atoms with Crippen LogP contribution in [0.25, 0.3) is 0 Å². The van der Waals surface area contributed by atoms with Gasteiger partial charge in [0.15, 0.2) is 0 Å². The lowest BCUT2D eigenvalue weighted by molar-refractivity contribution is 0.190. The Morgan fingerprint density at radius 2 is 1.70 bits per heavy atom. The molecule has 2 rings (SSSR count). The minimum absolute atomic E-state index is 0.619. The van der Waals surface area contributed by atoms with E-state index in [2.05, 4.69) is 0 Å². The molecule has 1 unspecified atom stereocenters. The lowest BCUT2D eigenvalue weighted by Crippen LogP contribution is -2.00. The molecule has 2 aromatic carbocycles. The van der Waals surface area contributed by atoms with Crippen molar-refractivity contribution in [2.24, 2.45) is 0 Å². The molecule has 0 aromatic heterocycles. The fraction of sp³-hybridized carbons (Fsp3) is 0.294. The second kappa shape index (κ2) is 5.97. The van der Waals surface area contributed by atoms with Crippen molar-refractivity contribution in [3.8, 4) is 17.2 Å². The van der Waals surface area contributed by atoms with Gasteiger partial charge in [-0.1, -0.05) is 18.2 Å². The van der Waals surface area contributed by atoms with Gasteiger partial charge in [-0.2, -0.15) is 0 Å². The average molecular weight is 272 g/mol. The molecule has 106 valence electrons. The number of aliphatic hydroxyl groups excluding tert-OH is 1. The normalized spacial score (nSPS) is 12.1. The molecule has 0 aliphatic carbocycles. The van der Waals surface area contributed by atoms with Crippen LogP contribution in [0.2, 0.25) is 0 Å². The van der Waals surface area contributed by atoms with Crippen molar-refractivity contribution in [3.63, 3.8) is 0 Å². The van der Waals surface area contributed by atoms with Crippen LogP contribution >= 0.6 is 0 Å². The molecule has 3 nitrogen and oxygen atoms in total. The summed E-state index contributed by atoms with van der Waals surface area (Å²) in [6, 6.07) is 11.6. The molecule has 0 saturated carbocycles. The average Bonchev–Trinajstić information content (AvgIpc) is 2.42. The SMILES string of the molecule is COc1cccc(Oc2cc(C)ccc2C)c1C(C)O. The third kappa shape index (κ3) is 2.94. The zero-order chi connectivity index (χ0) is 14.7. The molecule has 0 fully saturated rings. The van der Waals surface area contributed by atoms with Crippen LogP contribution in [0.1, 0.15) is 29.7 Å². The van der Waals surface area contributed by atoms with Gasteiger partial charge in [0.1, 0.15) is 17.2 Å². The summed E-state index contributed by atoms with van der Waals surface area (Å²) in [6.07, 6.45) is -0.661. The number of hydrogen-bond donors (Lipinski definition) is 1. The van der Waals surface area contributed by atoms with E-state index in [1.165, 1.54) is 0 Å². The zero-order valence-electron chi connectivity index (χ0n) is 12.3. The molecule has 1 atom stereocenters. The molecule has 0 amide bonds. The van der Waals surface area contributed by atoms with Gasteiger partial charge in [-0.15, -0.1) is 0 Å². The van der Waals surface area contributed by atoms with Gasteiger partial charge in [0.25, 0.3) is 0 Å². The molecule has 0 saturated heterocycles. The number of hydrogen-bond acceptors (Lipinski definition) is 3. The fourth-order valence-electron chi connectivity index (χ4n) is 2.14. The van der Waals surface area contributed by atoms with E-state index in [4.69, 9.17) is 9.47 Å². The first kappa shape index (κ1) is 14.4. The number of aryl methyl sites for hydroxylation is 2. The molecular formula is C17H20O3. The second-order valence-electron chi connectivity index (χ2n) is 4.92. The van der Waals surface area contributed by atoms with Crippen molar-refractivity contribution < 1.29 is 14.6 Å². The van der Waals surface area contributed by atoms with E-state index >= 15 is 0 Å². The molecular weight excluding hydrogens is 252 g/mol. The standard InChI is InChI=1S/C17H20O3/c1-11-8-9-12(2)16(10-11)20-15-7-5-6-14(19-4)17(15)13(3)18/h5-10,13,18H,1-4H3. The Morgan fingerprint density at radius 1 is 1.00 bits per heavy atom. The van der Waals surface area contributed by atoms with Crippen molar-refractivity contribution in [1.29, 1.82) is 0 Å². The summed E-state index contributed by atoms with van der Waals surface area (Å²) in [5, 5.41) is 9.96. The summed E-state index contributed by atoms with van der Waals surface area (Å²) in [5.41, 5.74) is 2.85. The Morgan fingerprint density at radius 3 is 2.35 bits per heavy atom. The first-order valence-corrected chi connectivity index (χ1v) is 6.63. The molecule has 0 radical (unpaired) electrons. The van der Waals surface area contributed by atoms with Crippen molar-refractivity contribution in [3.05, 3.63) is 53.1 Å². The lowest BCUT2D eigenvalue weighted by atomic mass is 10.1. The van der Waals surface area contributed by atoms with Crippen LogP contribution in [0.5, 0.6) is 17.2 Å². The maximum absolute atomic E-state index is 9.96. The smallest absolute Gasteiger partial charge is 0.136 e. The third-order valence-corrected chi connectivity index (χ3v) is 3.23. The number of benzene rings is 2. The highest BCUT2D eigenvalue weighted by molar-refractivity contribution is 5.49. The Kier molecular flexibility index (Phi) is 4.30. The summed E-state index contributed by atoms with van der Waals surface area (Å²) in [5.74, 6) is 2.04. The minimum atomic E-state index is -0.661. The Balaban J connectivity index is 2.45. The molecule has 0 aliphatic heterocycles. The highest BCUT2D eigenvalue weighted by Gasteiger charge is 2.16.